The van der Waals surface area contributed by atoms with Crippen LogP contribution < -0.4 is 0 Å². The molecule has 4 aromatic rings. The summed E-state index contributed by atoms with van der Waals surface area (Å²) < 4.78 is 0. The van der Waals surface area contributed by atoms with Gasteiger partial charge in [0.25, 0.3) is 0 Å². The maximum Gasteiger partial charge on any atom is 0.124 e. The fourth-order valence-corrected chi connectivity index (χ4v) is 4.13. The van der Waals surface area contributed by atoms with Crippen molar-refractivity contribution in [2.24, 2.45) is 0 Å². The van der Waals surface area contributed by atoms with Gasteiger partial charge in [-0.2, -0.15) is 12.6 Å². The second-order valence-corrected chi connectivity index (χ2v) is 7.55. The lowest BCUT2D eigenvalue weighted by Crippen LogP contribution is -1.83. The van der Waals surface area contributed by atoms with Crippen molar-refractivity contribution in [2.45, 2.75) is 5.75 Å². The van der Waals surface area contributed by atoms with E-state index in [0.717, 1.165) is 43.0 Å². The van der Waals surface area contributed by atoms with Crippen LogP contribution in [-0.4, -0.2) is 9.97 Å². The summed E-state index contributed by atoms with van der Waals surface area (Å²) >= 11 is 12.1. The molecule has 0 spiro atoms. The lowest BCUT2D eigenvalue weighted by atomic mass is 10.1. The molecule has 2 nitrogen and oxygen atoms in total. The van der Waals surface area contributed by atoms with Crippen LogP contribution in [-0.2, 0) is 5.75 Å². The number of hydrogen-bond acceptors (Lipinski definition) is 4. The minimum Gasteiger partial charge on any atom is -0.265 e. The molecule has 0 aliphatic heterocycles. The Kier molecular flexibility index (Phi) is 5.07. The van der Waals surface area contributed by atoms with Gasteiger partial charge in [0, 0.05) is 34.3 Å². The first-order valence-corrected chi connectivity index (χ1v) is 9.94. The minimum absolute atomic E-state index is 0.719. The number of thiol groups is 1. The van der Waals surface area contributed by atoms with Crippen LogP contribution in [0.3, 0.4) is 0 Å². The molecule has 26 heavy (non-hydrogen) atoms. The van der Waals surface area contributed by atoms with Crippen molar-refractivity contribution in [3.8, 4) is 32.3 Å². The predicted octanol–water partition coefficient (Wildman–Crippen LogP) is 6.62. The zero-order valence-corrected chi connectivity index (χ0v) is 16.2. The van der Waals surface area contributed by atoms with Gasteiger partial charge in [0.2, 0.25) is 0 Å². The maximum atomic E-state index is 6.05. The lowest BCUT2D eigenvalue weighted by Gasteiger charge is -2.02. The Hall–Kier alpha value is -2.14. The number of benzene rings is 2. The van der Waals surface area contributed by atoms with Crippen molar-refractivity contribution in [3.05, 3.63) is 83.6 Å². The van der Waals surface area contributed by atoms with Crippen molar-refractivity contribution in [1.82, 2.24) is 9.97 Å². The number of hydrogen-bond donors (Lipinski definition) is 1. The van der Waals surface area contributed by atoms with Crippen LogP contribution in [0.5, 0.6) is 0 Å². The summed E-state index contributed by atoms with van der Waals surface area (Å²) in [6, 6.07) is 20.2. The highest BCUT2D eigenvalue weighted by Gasteiger charge is 2.16. The van der Waals surface area contributed by atoms with Crippen molar-refractivity contribution in [1.29, 1.82) is 0 Å². The van der Waals surface area contributed by atoms with E-state index in [1.54, 1.807) is 11.3 Å². The van der Waals surface area contributed by atoms with E-state index < -0.39 is 0 Å². The van der Waals surface area contributed by atoms with Gasteiger partial charge in [-0.25, -0.2) is 4.98 Å². The maximum absolute atomic E-state index is 6.05. The van der Waals surface area contributed by atoms with Crippen LogP contribution in [0.4, 0.5) is 0 Å². The molecule has 0 saturated heterocycles. The van der Waals surface area contributed by atoms with E-state index in [4.69, 9.17) is 16.6 Å². The number of nitrogens with zero attached hydrogens (tertiary/aromatic N) is 2. The second-order valence-electron chi connectivity index (χ2n) is 5.79. The van der Waals surface area contributed by atoms with Crippen molar-refractivity contribution < 1.29 is 0 Å². The summed E-state index contributed by atoms with van der Waals surface area (Å²) in [5, 5.41) is 1.71. The van der Waals surface area contributed by atoms with Gasteiger partial charge in [0.1, 0.15) is 5.01 Å². The molecule has 0 unspecified atom stereocenters. The largest absolute Gasteiger partial charge is 0.265 e. The number of aromatic nitrogens is 2. The SMILES string of the molecule is SCc1ccc(-c2nc(-c3ccc(Cl)cc3)c(-c3ccncc3)s2)cc1. The van der Waals surface area contributed by atoms with Crippen LogP contribution in [0.1, 0.15) is 5.56 Å². The highest BCUT2D eigenvalue weighted by atomic mass is 35.5. The Balaban J connectivity index is 1.85. The molecule has 0 fully saturated rings. The molecule has 0 amide bonds. The van der Waals surface area contributed by atoms with E-state index in [1.807, 2.05) is 48.8 Å². The average molecular weight is 395 g/mol. The molecule has 2 aromatic carbocycles. The molecule has 0 saturated carbocycles. The van der Waals surface area contributed by atoms with Crippen LogP contribution in [0.25, 0.3) is 32.3 Å². The topological polar surface area (TPSA) is 25.8 Å². The fraction of sp³-hybridized carbons (Fsp3) is 0.0476. The summed E-state index contributed by atoms with van der Waals surface area (Å²) in [5.74, 6) is 0.733. The number of rotatable bonds is 4. The van der Waals surface area contributed by atoms with E-state index in [1.165, 1.54) is 5.56 Å². The van der Waals surface area contributed by atoms with Crippen LogP contribution in [0, 0.1) is 0 Å². The van der Waals surface area contributed by atoms with Crippen molar-refractivity contribution in [3.63, 3.8) is 0 Å². The van der Waals surface area contributed by atoms with Gasteiger partial charge in [-0.15, -0.1) is 11.3 Å². The molecular weight excluding hydrogens is 380 g/mol. The smallest absolute Gasteiger partial charge is 0.124 e. The molecule has 0 bridgehead atoms. The fourth-order valence-electron chi connectivity index (χ4n) is 2.70. The molecule has 5 heteroatoms. The van der Waals surface area contributed by atoms with E-state index >= 15 is 0 Å². The lowest BCUT2D eigenvalue weighted by molar-refractivity contribution is 1.33. The highest BCUT2D eigenvalue weighted by Crippen LogP contribution is 2.40. The molecular formula is C21H15ClN2S2. The third kappa shape index (κ3) is 3.54. The van der Waals surface area contributed by atoms with Gasteiger partial charge < -0.3 is 0 Å². The zero-order chi connectivity index (χ0) is 17.9. The number of thiazole rings is 1. The first kappa shape index (κ1) is 17.3. The Morgan fingerprint density at radius 2 is 1.46 bits per heavy atom. The summed E-state index contributed by atoms with van der Waals surface area (Å²) in [4.78, 5) is 10.2. The summed E-state index contributed by atoms with van der Waals surface area (Å²) in [6.45, 7) is 0. The van der Waals surface area contributed by atoms with Gasteiger partial charge in [0.05, 0.1) is 10.6 Å². The molecule has 0 aliphatic rings. The van der Waals surface area contributed by atoms with Gasteiger partial charge in [-0.3, -0.25) is 4.98 Å². The summed E-state index contributed by atoms with van der Waals surface area (Å²) in [7, 11) is 0. The van der Waals surface area contributed by atoms with Crippen LogP contribution in [0.15, 0.2) is 73.1 Å². The number of halogens is 1. The monoisotopic (exact) mass is 394 g/mol. The third-order valence-electron chi connectivity index (χ3n) is 4.07. The first-order valence-electron chi connectivity index (χ1n) is 8.12. The van der Waals surface area contributed by atoms with Crippen molar-refractivity contribution >= 4 is 35.6 Å². The van der Waals surface area contributed by atoms with E-state index in [9.17, 15) is 0 Å². The van der Waals surface area contributed by atoms with Crippen LogP contribution in [0.2, 0.25) is 5.02 Å². The van der Waals surface area contributed by atoms with E-state index in [-0.39, 0.29) is 0 Å². The molecule has 0 radical (unpaired) electrons. The molecule has 2 aromatic heterocycles. The Morgan fingerprint density at radius 1 is 0.808 bits per heavy atom. The molecule has 128 valence electrons. The summed E-state index contributed by atoms with van der Waals surface area (Å²) in [5.41, 5.74) is 5.43. The Labute approximate surface area is 167 Å². The minimum atomic E-state index is 0.719. The van der Waals surface area contributed by atoms with Gasteiger partial charge >= 0.3 is 0 Å². The molecule has 0 aliphatic carbocycles. The Bertz CT molecular complexity index is 1010. The second kappa shape index (κ2) is 7.62. The molecule has 0 N–H and O–H groups in total. The summed E-state index contributed by atoms with van der Waals surface area (Å²) in [6.07, 6.45) is 3.61. The average Bonchev–Trinajstić information content (AvgIpc) is 3.15. The zero-order valence-electron chi connectivity index (χ0n) is 13.8. The number of pyridine rings is 1. The molecule has 4 rings (SSSR count). The molecule has 2 heterocycles. The quantitative estimate of drug-likeness (QED) is 0.393. The third-order valence-corrected chi connectivity index (χ3v) is 5.84. The highest BCUT2D eigenvalue weighted by molar-refractivity contribution is 7.79. The van der Waals surface area contributed by atoms with Gasteiger partial charge in [-0.05, 0) is 35.4 Å². The normalized spacial score (nSPS) is 10.8. The molecule has 0 atom stereocenters. The van der Waals surface area contributed by atoms with Crippen LogP contribution >= 0.6 is 35.6 Å². The van der Waals surface area contributed by atoms with E-state index in [2.05, 4.69) is 41.9 Å². The predicted molar refractivity (Wildman–Crippen MR) is 114 cm³/mol. The van der Waals surface area contributed by atoms with Gasteiger partial charge in [-0.1, -0.05) is 48.0 Å². The van der Waals surface area contributed by atoms with E-state index in [0.29, 0.717) is 0 Å². The first-order chi connectivity index (χ1) is 12.7. The van der Waals surface area contributed by atoms with Gasteiger partial charge in [0.15, 0.2) is 0 Å². The Morgan fingerprint density at radius 3 is 2.12 bits per heavy atom. The van der Waals surface area contributed by atoms with Crippen molar-refractivity contribution in [2.75, 3.05) is 0 Å². The standard InChI is InChI=1S/C21H15ClN2S2/c22-18-7-5-15(6-8-18)19-20(16-9-11-23-12-10-16)26-21(24-19)17-3-1-14(13-25)2-4-17/h1-12,25H,13H2.